The lowest BCUT2D eigenvalue weighted by molar-refractivity contribution is -0.149. The predicted molar refractivity (Wildman–Crippen MR) is 142 cm³/mol. The van der Waals surface area contributed by atoms with Gasteiger partial charge in [0.05, 0.1) is 12.5 Å². The fourth-order valence-electron chi connectivity index (χ4n) is 4.70. The molecule has 0 saturated carbocycles. The molecule has 5 rings (SSSR count). The number of alkyl halides is 3. The van der Waals surface area contributed by atoms with Crippen LogP contribution in [0.2, 0.25) is 0 Å². The fourth-order valence-corrected chi connectivity index (χ4v) is 5.56. The van der Waals surface area contributed by atoms with E-state index in [1.165, 1.54) is 18.2 Å². The van der Waals surface area contributed by atoms with Gasteiger partial charge in [0.25, 0.3) is 5.91 Å². The summed E-state index contributed by atoms with van der Waals surface area (Å²) in [5.41, 5.74) is 3.04. The lowest BCUT2D eigenvalue weighted by Crippen LogP contribution is -2.44. The third-order valence-electron chi connectivity index (χ3n) is 7.00. The van der Waals surface area contributed by atoms with E-state index in [1.54, 1.807) is 29.6 Å². The number of carbonyl (C=O) groups is 2. The number of benzene rings is 2. The van der Waals surface area contributed by atoms with E-state index in [9.17, 15) is 22.8 Å². The third-order valence-corrected chi connectivity index (χ3v) is 7.98. The van der Waals surface area contributed by atoms with Crippen LogP contribution in [-0.4, -0.2) is 61.8 Å². The van der Waals surface area contributed by atoms with Crippen LogP contribution in [0.4, 0.5) is 18.9 Å². The molecule has 2 aromatic carbocycles. The van der Waals surface area contributed by atoms with E-state index in [-0.39, 0.29) is 16.3 Å². The van der Waals surface area contributed by atoms with Gasteiger partial charge in [0.2, 0.25) is 0 Å². The summed E-state index contributed by atoms with van der Waals surface area (Å²) in [4.78, 5) is 34.9. The van der Waals surface area contributed by atoms with Crippen molar-refractivity contribution in [2.75, 3.05) is 38.1 Å². The number of amides is 1. The highest BCUT2D eigenvalue weighted by atomic mass is 32.1. The number of rotatable bonds is 6. The van der Waals surface area contributed by atoms with Crippen molar-refractivity contribution >= 4 is 34.6 Å². The monoisotopic (exact) mass is 540 g/mol. The van der Waals surface area contributed by atoms with Gasteiger partial charge in [0.1, 0.15) is 5.84 Å². The molecule has 1 amide bonds. The topological polar surface area (TPSA) is 65.0 Å². The van der Waals surface area contributed by atoms with Gasteiger partial charge in [-0.15, -0.1) is 11.3 Å². The number of halogens is 3. The van der Waals surface area contributed by atoms with Crippen LogP contribution in [0.1, 0.15) is 49.1 Å². The first kappa shape index (κ1) is 26.1. The minimum Gasteiger partial charge on any atom is -0.369 e. The molecule has 1 unspecified atom stereocenters. The molecule has 38 heavy (non-hydrogen) atoms. The van der Waals surface area contributed by atoms with E-state index < -0.39 is 24.3 Å². The second-order valence-electron chi connectivity index (χ2n) is 9.57. The van der Waals surface area contributed by atoms with Gasteiger partial charge in [-0.1, -0.05) is 18.2 Å². The smallest absolute Gasteiger partial charge is 0.369 e. The molecule has 3 aromatic rings. The van der Waals surface area contributed by atoms with Gasteiger partial charge in [-0.2, -0.15) is 13.2 Å². The molecule has 1 saturated heterocycles. The average molecular weight is 541 g/mol. The molecule has 2 aliphatic rings. The Labute approximate surface area is 222 Å². The second-order valence-corrected chi connectivity index (χ2v) is 10.5. The van der Waals surface area contributed by atoms with Crippen LogP contribution >= 0.6 is 11.3 Å². The Hall–Kier alpha value is -3.50. The maximum absolute atomic E-state index is 13.7. The van der Waals surface area contributed by atoms with Crippen LogP contribution in [-0.2, 0) is 6.54 Å². The maximum Gasteiger partial charge on any atom is 0.396 e. The standard InChI is InChI=1S/C28H27F3N4O2S/c1-34-10-12-35(13-11-34)21-8-6-18(7-9-21)27(37)33-26-22-15-19(4-5-20(22)17-32-26)24(36)16-23(28(29,30)31)25-3-2-14-38-25/h2-9,14-15,23H,10-13,16-17H2,1H3,(H,32,33,37). The van der Waals surface area contributed by atoms with E-state index in [4.69, 9.17) is 0 Å². The third kappa shape index (κ3) is 5.66. The lowest BCUT2D eigenvalue weighted by atomic mass is 9.94. The molecule has 1 atom stereocenters. The molecule has 0 aliphatic carbocycles. The number of hydrogen-bond donors (Lipinski definition) is 1. The Morgan fingerprint density at radius 3 is 2.39 bits per heavy atom. The Morgan fingerprint density at radius 1 is 1.03 bits per heavy atom. The molecule has 0 radical (unpaired) electrons. The highest BCUT2D eigenvalue weighted by Crippen LogP contribution is 2.40. The van der Waals surface area contributed by atoms with Gasteiger partial charge in [-0.25, -0.2) is 0 Å². The molecular formula is C28H27F3N4O2S. The van der Waals surface area contributed by atoms with Gasteiger partial charge in [0.15, 0.2) is 5.78 Å². The average Bonchev–Trinajstić information content (AvgIpc) is 3.57. The normalized spacial score (nSPS) is 16.6. The lowest BCUT2D eigenvalue weighted by Gasteiger charge is -2.34. The van der Waals surface area contributed by atoms with Crippen molar-refractivity contribution in [3.63, 3.8) is 0 Å². The number of amidine groups is 1. The summed E-state index contributed by atoms with van der Waals surface area (Å²) in [6.45, 7) is 4.14. The second kappa shape index (κ2) is 10.7. The minimum atomic E-state index is -4.53. The van der Waals surface area contributed by atoms with Crippen molar-refractivity contribution in [3.8, 4) is 0 Å². The van der Waals surface area contributed by atoms with E-state index in [1.807, 2.05) is 12.1 Å². The number of piperazine rings is 1. The quantitative estimate of drug-likeness (QED) is 0.442. The number of ketones is 1. The van der Waals surface area contributed by atoms with Crippen molar-refractivity contribution in [2.24, 2.45) is 4.99 Å². The summed E-state index contributed by atoms with van der Waals surface area (Å²) < 4.78 is 41.0. The van der Waals surface area contributed by atoms with Gasteiger partial charge >= 0.3 is 6.18 Å². The maximum atomic E-state index is 13.7. The van der Waals surface area contributed by atoms with Crippen molar-refractivity contribution in [2.45, 2.75) is 25.1 Å². The van der Waals surface area contributed by atoms with E-state index in [0.29, 0.717) is 23.5 Å². The van der Waals surface area contributed by atoms with Crippen molar-refractivity contribution in [3.05, 3.63) is 87.1 Å². The number of fused-ring (bicyclic) bond motifs is 1. The Balaban J connectivity index is 1.27. The zero-order valence-electron chi connectivity index (χ0n) is 20.8. The summed E-state index contributed by atoms with van der Waals surface area (Å²) in [5, 5.41) is 4.38. The number of nitrogens with one attached hydrogen (secondary N) is 1. The number of likely N-dealkylation sites (N-methyl/N-ethyl adjacent to an activating group) is 1. The van der Waals surface area contributed by atoms with Gasteiger partial charge in [0, 0.05) is 59.9 Å². The number of Topliss-reactive ketones (excluding diaryl/α,β-unsaturated/α-hetero) is 1. The molecular weight excluding hydrogens is 513 g/mol. The van der Waals surface area contributed by atoms with Crippen LogP contribution in [0.5, 0.6) is 0 Å². The minimum absolute atomic E-state index is 0.111. The van der Waals surface area contributed by atoms with E-state index in [2.05, 4.69) is 27.2 Å². The van der Waals surface area contributed by atoms with Gasteiger partial charge < -0.3 is 15.1 Å². The predicted octanol–water partition coefficient (Wildman–Crippen LogP) is 5.11. The molecule has 0 spiro atoms. The molecule has 198 valence electrons. The van der Waals surface area contributed by atoms with Crippen LogP contribution in [0.15, 0.2) is 65.0 Å². The van der Waals surface area contributed by atoms with E-state index in [0.717, 1.165) is 48.8 Å². The van der Waals surface area contributed by atoms with Crippen LogP contribution in [0.25, 0.3) is 0 Å². The Morgan fingerprint density at radius 2 is 1.74 bits per heavy atom. The van der Waals surface area contributed by atoms with Crippen LogP contribution < -0.4 is 10.2 Å². The fraction of sp³-hybridized carbons (Fsp3) is 0.321. The SMILES string of the molecule is CN1CCN(c2ccc(C(=O)NC3=NCc4ccc(C(=O)CC(c5cccs5)C(F)(F)F)cc43)cc2)CC1. The first-order valence-corrected chi connectivity index (χ1v) is 13.2. The molecule has 1 aromatic heterocycles. The van der Waals surface area contributed by atoms with Crippen molar-refractivity contribution in [1.82, 2.24) is 10.2 Å². The number of anilines is 1. The number of carbonyl (C=O) groups excluding carboxylic acids is 2. The summed E-state index contributed by atoms with van der Waals surface area (Å²) >= 11 is 0.986. The number of nitrogens with zero attached hydrogens (tertiary/aromatic N) is 3. The van der Waals surface area contributed by atoms with E-state index >= 15 is 0 Å². The van der Waals surface area contributed by atoms with Crippen LogP contribution in [0, 0.1) is 0 Å². The summed E-state index contributed by atoms with van der Waals surface area (Å²) in [5.74, 6) is -2.49. The summed E-state index contributed by atoms with van der Waals surface area (Å²) in [6.07, 6.45) is -5.21. The summed E-state index contributed by atoms with van der Waals surface area (Å²) in [7, 11) is 2.10. The van der Waals surface area contributed by atoms with Crippen molar-refractivity contribution < 1.29 is 22.8 Å². The number of thiophene rings is 1. The Bertz CT molecular complexity index is 1350. The van der Waals surface area contributed by atoms with Gasteiger partial charge in [-0.3, -0.25) is 14.6 Å². The zero-order chi connectivity index (χ0) is 26.9. The molecule has 1 fully saturated rings. The summed E-state index contributed by atoms with van der Waals surface area (Å²) in [6, 6.07) is 15.1. The molecule has 2 aliphatic heterocycles. The van der Waals surface area contributed by atoms with Crippen molar-refractivity contribution in [1.29, 1.82) is 0 Å². The molecule has 6 nitrogen and oxygen atoms in total. The highest BCUT2D eigenvalue weighted by Gasteiger charge is 2.42. The van der Waals surface area contributed by atoms with Crippen LogP contribution in [0.3, 0.4) is 0 Å². The number of aliphatic imine (C=N–C) groups is 1. The first-order chi connectivity index (χ1) is 18.2. The largest absolute Gasteiger partial charge is 0.396 e. The molecule has 10 heteroatoms. The molecule has 0 bridgehead atoms. The zero-order valence-corrected chi connectivity index (χ0v) is 21.6. The van der Waals surface area contributed by atoms with Gasteiger partial charge in [-0.05, 0) is 54.4 Å². The number of hydrogen-bond acceptors (Lipinski definition) is 6. The molecule has 3 heterocycles. The highest BCUT2D eigenvalue weighted by molar-refractivity contribution is 7.10. The first-order valence-electron chi connectivity index (χ1n) is 12.3. The Kier molecular flexibility index (Phi) is 7.36. The molecule has 1 N–H and O–H groups in total.